The molecule has 1 aromatic rings. The molecule has 0 unspecified atom stereocenters. The zero-order chi connectivity index (χ0) is 15.6. The lowest BCUT2D eigenvalue weighted by molar-refractivity contribution is -0.122. The lowest BCUT2D eigenvalue weighted by Gasteiger charge is -2.45. The normalized spacial score (nSPS) is 21.8. The number of rotatable bonds is 4. The molecule has 0 aliphatic carbocycles. The van der Waals surface area contributed by atoms with Crippen molar-refractivity contribution in [2.75, 3.05) is 23.7 Å². The number of amides is 1. The molecule has 2 aliphatic rings. The fraction of sp³-hybridized carbons (Fsp3) is 0.611. The first kappa shape index (κ1) is 15.3. The molecule has 0 radical (unpaired) electrons. The van der Waals surface area contributed by atoms with E-state index in [-0.39, 0.29) is 5.91 Å². The summed E-state index contributed by atoms with van der Waals surface area (Å²) in [6.07, 6.45) is 5.55. The van der Waals surface area contributed by atoms with E-state index in [2.05, 4.69) is 29.4 Å². The zero-order valence-corrected chi connectivity index (χ0v) is 13.7. The van der Waals surface area contributed by atoms with Crippen molar-refractivity contribution in [3.8, 4) is 0 Å². The number of nitrogens with zero attached hydrogens (tertiary/aromatic N) is 1. The maximum Gasteiger partial charge on any atom is 0.250 e. The molecule has 1 aromatic carbocycles. The third kappa shape index (κ3) is 2.84. The smallest absolute Gasteiger partial charge is 0.250 e. The van der Waals surface area contributed by atoms with Crippen LogP contribution in [0.2, 0.25) is 0 Å². The van der Waals surface area contributed by atoms with E-state index in [0.29, 0.717) is 6.04 Å². The summed E-state index contributed by atoms with van der Waals surface area (Å²) in [6.45, 7) is 6.55. The highest BCUT2D eigenvalue weighted by Gasteiger charge is 2.44. The Morgan fingerprint density at radius 2 is 1.91 bits per heavy atom. The van der Waals surface area contributed by atoms with Gasteiger partial charge in [-0.05, 0) is 38.3 Å². The largest absolute Gasteiger partial charge is 0.369 e. The molecule has 120 valence electrons. The van der Waals surface area contributed by atoms with Crippen LogP contribution in [0, 0.1) is 0 Å². The number of hydrogen-bond acceptors (Lipinski definition) is 3. The summed E-state index contributed by atoms with van der Waals surface area (Å²) in [5, 5.41) is 6.60. The highest BCUT2D eigenvalue weighted by atomic mass is 16.2. The Balaban J connectivity index is 1.66. The predicted octanol–water partition coefficient (Wildman–Crippen LogP) is 3.46. The van der Waals surface area contributed by atoms with Gasteiger partial charge in [-0.1, -0.05) is 31.9 Å². The van der Waals surface area contributed by atoms with Crippen LogP contribution in [0.4, 0.5) is 11.4 Å². The van der Waals surface area contributed by atoms with Crippen molar-refractivity contribution in [1.29, 1.82) is 0 Å². The van der Waals surface area contributed by atoms with E-state index in [1.807, 2.05) is 24.3 Å². The van der Waals surface area contributed by atoms with Crippen molar-refractivity contribution >= 4 is 17.3 Å². The number of anilines is 2. The van der Waals surface area contributed by atoms with E-state index < -0.39 is 5.54 Å². The number of carbonyl (C=O) groups is 1. The second kappa shape index (κ2) is 6.29. The third-order valence-electron chi connectivity index (χ3n) is 5.23. The van der Waals surface area contributed by atoms with E-state index in [4.69, 9.17) is 0 Å². The molecule has 2 N–H and O–H groups in total. The van der Waals surface area contributed by atoms with Crippen LogP contribution in [0.5, 0.6) is 0 Å². The molecule has 4 heteroatoms. The standard InChI is InChI=1S/C18H27N3O/c1-3-4-7-14(2)21-12-10-18(11-13-21)17(22)19-15-8-5-6-9-16(15)20-18/h5-6,8-9,14,20H,3-4,7,10-13H2,1-2H3,(H,19,22)/t14-/m1/s1. The van der Waals surface area contributed by atoms with Gasteiger partial charge in [-0.15, -0.1) is 0 Å². The SMILES string of the molecule is CCCC[C@@H](C)N1CCC2(CC1)Nc1ccccc1NC2=O. The Kier molecular flexibility index (Phi) is 4.39. The minimum absolute atomic E-state index is 0.132. The van der Waals surface area contributed by atoms with Gasteiger partial charge >= 0.3 is 0 Å². The van der Waals surface area contributed by atoms with E-state index in [0.717, 1.165) is 37.3 Å². The highest BCUT2D eigenvalue weighted by Crippen LogP contribution is 2.36. The maximum atomic E-state index is 12.6. The monoisotopic (exact) mass is 301 g/mol. The fourth-order valence-electron chi connectivity index (χ4n) is 3.64. The summed E-state index contributed by atoms with van der Waals surface area (Å²) in [4.78, 5) is 15.1. The Bertz CT molecular complexity index is 535. The number of hydrogen-bond donors (Lipinski definition) is 2. The molecule has 0 bridgehead atoms. The molecule has 1 atom stereocenters. The van der Waals surface area contributed by atoms with Crippen LogP contribution in [0.15, 0.2) is 24.3 Å². The first-order chi connectivity index (χ1) is 10.6. The van der Waals surface area contributed by atoms with Crippen molar-refractivity contribution in [2.24, 2.45) is 0 Å². The summed E-state index contributed by atoms with van der Waals surface area (Å²) in [7, 11) is 0. The van der Waals surface area contributed by atoms with Crippen LogP contribution < -0.4 is 10.6 Å². The number of benzene rings is 1. The van der Waals surface area contributed by atoms with Crippen LogP contribution in [-0.4, -0.2) is 35.5 Å². The lowest BCUT2D eigenvalue weighted by Crippen LogP contribution is -2.59. The molecule has 1 spiro atoms. The molecule has 2 aliphatic heterocycles. The number of fused-ring (bicyclic) bond motifs is 1. The quantitative estimate of drug-likeness (QED) is 0.895. The van der Waals surface area contributed by atoms with Gasteiger partial charge in [-0.25, -0.2) is 0 Å². The number of likely N-dealkylation sites (tertiary alicyclic amines) is 1. The van der Waals surface area contributed by atoms with Gasteiger partial charge in [0.2, 0.25) is 5.91 Å². The van der Waals surface area contributed by atoms with Gasteiger partial charge in [-0.3, -0.25) is 4.79 Å². The summed E-state index contributed by atoms with van der Waals surface area (Å²) in [5.74, 6) is 0.132. The van der Waals surface area contributed by atoms with Gasteiger partial charge in [0.15, 0.2) is 0 Å². The molecule has 0 saturated carbocycles. The first-order valence-electron chi connectivity index (χ1n) is 8.57. The predicted molar refractivity (Wildman–Crippen MR) is 91.2 cm³/mol. The second-order valence-electron chi connectivity index (χ2n) is 6.73. The minimum Gasteiger partial charge on any atom is -0.369 e. The molecule has 4 nitrogen and oxygen atoms in total. The van der Waals surface area contributed by atoms with Crippen LogP contribution in [0.3, 0.4) is 0 Å². The molecule has 1 amide bonds. The van der Waals surface area contributed by atoms with Gasteiger partial charge in [0, 0.05) is 19.1 Å². The van der Waals surface area contributed by atoms with Crippen molar-refractivity contribution in [2.45, 2.75) is 57.5 Å². The fourth-order valence-corrected chi connectivity index (χ4v) is 3.64. The van der Waals surface area contributed by atoms with E-state index in [9.17, 15) is 4.79 Å². The number of para-hydroxylation sites is 2. The molecular weight excluding hydrogens is 274 g/mol. The average molecular weight is 301 g/mol. The van der Waals surface area contributed by atoms with Gasteiger partial charge in [-0.2, -0.15) is 0 Å². The Morgan fingerprint density at radius 3 is 2.59 bits per heavy atom. The van der Waals surface area contributed by atoms with Crippen LogP contribution in [0.1, 0.15) is 46.0 Å². The maximum absolute atomic E-state index is 12.6. The van der Waals surface area contributed by atoms with Gasteiger partial charge in [0.1, 0.15) is 5.54 Å². The summed E-state index contributed by atoms with van der Waals surface area (Å²) in [6, 6.07) is 8.59. The van der Waals surface area contributed by atoms with E-state index in [1.54, 1.807) is 0 Å². The summed E-state index contributed by atoms with van der Waals surface area (Å²) >= 11 is 0. The van der Waals surface area contributed by atoms with Gasteiger partial charge in [0.25, 0.3) is 0 Å². The average Bonchev–Trinajstić information content (AvgIpc) is 2.54. The van der Waals surface area contributed by atoms with E-state index >= 15 is 0 Å². The molecule has 2 heterocycles. The lowest BCUT2D eigenvalue weighted by atomic mass is 9.83. The molecule has 3 rings (SSSR count). The zero-order valence-electron chi connectivity index (χ0n) is 13.7. The van der Waals surface area contributed by atoms with Crippen molar-refractivity contribution in [3.05, 3.63) is 24.3 Å². The molecular formula is C18H27N3O. The number of nitrogens with one attached hydrogen (secondary N) is 2. The Labute approximate surface area is 133 Å². The topological polar surface area (TPSA) is 44.4 Å². The summed E-state index contributed by atoms with van der Waals surface area (Å²) in [5.41, 5.74) is 1.53. The van der Waals surface area contributed by atoms with Crippen LogP contribution in [-0.2, 0) is 4.79 Å². The summed E-state index contributed by atoms with van der Waals surface area (Å²) < 4.78 is 0. The molecule has 22 heavy (non-hydrogen) atoms. The Hall–Kier alpha value is -1.55. The van der Waals surface area contributed by atoms with Crippen LogP contribution in [0.25, 0.3) is 0 Å². The number of unbranched alkanes of at least 4 members (excludes halogenated alkanes) is 1. The van der Waals surface area contributed by atoms with Crippen molar-refractivity contribution in [1.82, 2.24) is 4.90 Å². The van der Waals surface area contributed by atoms with Crippen LogP contribution >= 0.6 is 0 Å². The molecule has 1 fully saturated rings. The first-order valence-corrected chi connectivity index (χ1v) is 8.57. The molecule has 1 saturated heterocycles. The number of piperidine rings is 1. The second-order valence-corrected chi connectivity index (χ2v) is 6.73. The van der Waals surface area contributed by atoms with Crippen molar-refractivity contribution < 1.29 is 4.79 Å². The van der Waals surface area contributed by atoms with Crippen molar-refractivity contribution in [3.63, 3.8) is 0 Å². The Morgan fingerprint density at radius 1 is 1.23 bits per heavy atom. The van der Waals surface area contributed by atoms with E-state index in [1.165, 1.54) is 19.3 Å². The van der Waals surface area contributed by atoms with Gasteiger partial charge < -0.3 is 15.5 Å². The molecule has 0 aromatic heterocycles. The minimum atomic E-state index is -0.421. The highest BCUT2D eigenvalue weighted by molar-refractivity contribution is 6.06. The third-order valence-corrected chi connectivity index (χ3v) is 5.23. The number of carbonyl (C=O) groups excluding carboxylic acids is 1. The van der Waals surface area contributed by atoms with Gasteiger partial charge in [0.05, 0.1) is 11.4 Å².